The molecule has 0 radical (unpaired) electrons. The van der Waals surface area contributed by atoms with Gasteiger partial charge in [0.2, 0.25) is 5.91 Å². The Morgan fingerprint density at radius 3 is 2.14 bits per heavy atom. The summed E-state index contributed by atoms with van der Waals surface area (Å²) in [5, 5.41) is 0. The van der Waals surface area contributed by atoms with E-state index in [1.165, 1.54) is 5.56 Å². The van der Waals surface area contributed by atoms with E-state index in [-0.39, 0.29) is 17.9 Å². The van der Waals surface area contributed by atoms with Gasteiger partial charge in [0.1, 0.15) is 5.54 Å². The lowest BCUT2D eigenvalue weighted by Crippen LogP contribution is -2.76. The zero-order chi connectivity index (χ0) is 20.5. The van der Waals surface area contributed by atoms with Crippen molar-refractivity contribution in [2.45, 2.75) is 52.2 Å². The Kier molecular flexibility index (Phi) is 5.82. The average Bonchev–Trinajstić information content (AvgIpc) is 2.72. The monoisotopic (exact) mass is 387 g/mol. The lowest BCUT2D eigenvalue weighted by atomic mass is 9.54. The van der Waals surface area contributed by atoms with Crippen LogP contribution in [0.1, 0.15) is 50.0 Å². The van der Waals surface area contributed by atoms with Crippen LogP contribution in [0.2, 0.25) is 0 Å². The van der Waals surface area contributed by atoms with Crippen LogP contribution >= 0.6 is 0 Å². The van der Waals surface area contributed by atoms with E-state index in [0.717, 1.165) is 6.42 Å². The Hall–Kier alpha value is -1.92. The topological polar surface area (TPSA) is 75.9 Å². The Balaban J connectivity index is 1.59. The van der Waals surface area contributed by atoms with Crippen molar-refractivity contribution in [3.63, 3.8) is 0 Å². The number of hydrogen-bond acceptors (Lipinski definition) is 4. The summed E-state index contributed by atoms with van der Waals surface area (Å²) in [7, 11) is 0. The molecule has 2 fully saturated rings. The standard InChI is InChI=1S/C22H33N3O3/c1-5-16-7-9-17(10-8-16)19(26)24-11-13-25(14-12-24)20(27)22(23)15-18(28-6-2)21(22,3)4/h7-10,18H,5-6,11-15,23H2,1-4H3. The molecule has 28 heavy (non-hydrogen) atoms. The largest absolute Gasteiger partial charge is 0.378 e. The van der Waals surface area contributed by atoms with Gasteiger partial charge in [0.15, 0.2) is 0 Å². The summed E-state index contributed by atoms with van der Waals surface area (Å²) in [6.45, 7) is 10.8. The van der Waals surface area contributed by atoms with Crippen LogP contribution in [-0.2, 0) is 16.0 Å². The van der Waals surface area contributed by atoms with E-state index >= 15 is 0 Å². The summed E-state index contributed by atoms with van der Waals surface area (Å²) in [5.41, 5.74) is 7.17. The zero-order valence-electron chi connectivity index (χ0n) is 17.5. The number of aryl methyl sites for hydroxylation is 1. The van der Waals surface area contributed by atoms with Gasteiger partial charge in [-0.15, -0.1) is 0 Å². The number of carbonyl (C=O) groups is 2. The van der Waals surface area contributed by atoms with E-state index in [1.807, 2.05) is 54.8 Å². The number of nitrogens with two attached hydrogens (primary N) is 1. The number of amides is 2. The molecule has 6 heteroatoms. The Morgan fingerprint density at radius 2 is 1.64 bits per heavy atom. The summed E-state index contributed by atoms with van der Waals surface area (Å²) < 4.78 is 5.74. The average molecular weight is 388 g/mol. The van der Waals surface area contributed by atoms with Gasteiger partial charge >= 0.3 is 0 Å². The third kappa shape index (κ3) is 3.44. The third-order valence-corrected chi connectivity index (χ3v) is 6.67. The molecule has 1 aliphatic carbocycles. The van der Waals surface area contributed by atoms with Crippen LogP contribution in [0.15, 0.2) is 24.3 Å². The molecule has 2 N–H and O–H groups in total. The van der Waals surface area contributed by atoms with Gasteiger partial charge in [-0.25, -0.2) is 0 Å². The number of benzene rings is 1. The molecule has 2 atom stereocenters. The first kappa shape index (κ1) is 20.8. The van der Waals surface area contributed by atoms with Crippen LogP contribution in [0.25, 0.3) is 0 Å². The molecule has 6 nitrogen and oxygen atoms in total. The second-order valence-corrected chi connectivity index (χ2v) is 8.48. The molecule has 154 valence electrons. The zero-order valence-corrected chi connectivity index (χ0v) is 17.5. The summed E-state index contributed by atoms with van der Waals surface area (Å²) in [6, 6.07) is 7.77. The normalized spacial score (nSPS) is 26.7. The summed E-state index contributed by atoms with van der Waals surface area (Å²) >= 11 is 0. The predicted molar refractivity (Wildman–Crippen MR) is 109 cm³/mol. The maximum atomic E-state index is 13.1. The van der Waals surface area contributed by atoms with Gasteiger partial charge in [0.25, 0.3) is 5.91 Å². The highest BCUT2D eigenvalue weighted by Crippen LogP contribution is 2.50. The van der Waals surface area contributed by atoms with E-state index in [4.69, 9.17) is 10.5 Å². The fourth-order valence-electron chi connectivity index (χ4n) is 4.26. The Bertz CT molecular complexity index is 723. The van der Waals surface area contributed by atoms with Gasteiger partial charge in [0, 0.05) is 50.2 Å². The van der Waals surface area contributed by atoms with Crippen molar-refractivity contribution in [1.29, 1.82) is 0 Å². The lowest BCUT2D eigenvalue weighted by molar-refractivity contribution is -0.180. The molecule has 0 aromatic heterocycles. The van der Waals surface area contributed by atoms with Crippen molar-refractivity contribution in [3.8, 4) is 0 Å². The van der Waals surface area contributed by atoms with E-state index in [0.29, 0.717) is 44.8 Å². The Morgan fingerprint density at radius 1 is 1.07 bits per heavy atom. The van der Waals surface area contributed by atoms with E-state index < -0.39 is 11.0 Å². The highest BCUT2D eigenvalue weighted by molar-refractivity contribution is 5.94. The van der Waals surface area contributed by atoms with Crippen molar-refractivity contribution in [2.75, 3.05) is 32.8 Å². The third-order valence-electron chi connectivity index (χ3n) is 6.67. The van der Waals surface area contributed by atoms with Crippen LogP contribution in [0.3, 0.4) is 0 Å². The first-order valence-corrected chi connectivity index (χ1v) is 10.3. The molecular formula is C22H33N3O3. The summed E-state index contributed by atoms with van der Waals surface area (Å²) in [6.07, 6.45) is 1.52. The number of rotatable bonds is 5. The van der Waals surface area contributed by atoms with Crippen LogP contribution in [0, 0.1) is 5.41 Å². The first-order valence-electron chi connectivity index (χ1n) is 10.3. The molecule has 0 bridgehead atoms. The molecule has 0 spiro atoms. The van der Waals surface area contributed by atoms with Gasteiger partial charge in [-0.3, -0.25) is 9.59 Å². The summed E-state index contributed by atoms with van der Waals surface area (Å²) in [4.78, 5) is 29.5. The molecule has 1 heterocycles. The highest BCUT2D eigenvalue weighted by atomic mass is 16.5. The number of hydrogen-bond donors (Lipinski definition) is 1. The smallest absolute Gasteiger partial charge is 0.253 e. The molecule has 2 amide bonds. The number of carbonyl (C=O) groups excluding carboxylic acids is 2. The second kappa shape index (κ2) is 7.84. The molecule has 2 aliphatic rings. The number of ether oxygens (including phenoxy) is 1. The van der Waals surface area contributed by atoms with Gasteiger partial charge in [-0.2, -0.15) is 0 Å². The predicted octanol–water partition coefficient (Wildman–Crippen LogP) is 2.07. The SMILES string of the molecule is CCOC1CC(N)(C(=O)N2CCN(C(=O)c3ccc(CC)cc3)CC2)C1(C)C. The summed E-state index contributed by atoms with van der Waals surface area (Å²) in [5.74, 6) is 0.00504. The van der Waals surface area contributed by atoms with Crippen molar-refractivity contribution in [3.05, 3.63) is 35.4 Å². The fourth-order valence-corrected chi connectivity index (χ4v) is 4.26. The van der Waals surface area contributed by atoms with Gasteiger partial charge in [-0.1, -0.05) is 32.9 Å². The molecule has 1 aromatic rings. The number of piperazine rings is 1. The molecule has 1 saturated heterocycles. The van der Waals surface area contributed by atoms with Gasteiger partial charge in [0.05, 0.1) is 6.10 Å². The molecule has 2 unspecified atom stereocenters. The van der Waals surface area contributed by atoms with Crippen molar-refractivity contribution < 1.29 is 14.3 Å². The molecular weight excluding hydrogens is 354 g/mol. The van der Waals surface area contributed by atoms with Crippen molar-refractivity contribution in [2.24, 2.45) is 11.1 Å². The maximum Gasteiger partial charge on any atom is 0.253 e. The van der Waals surface area contributed by atoms with Gasteiger partial charge in [-0.05, 0) is 31.0 Å². The minimum atomic E-state index is -0.894. The van der Waals surface area contributed by atoms with Gasteiger partial charge < -0.3 is 20.3 Å². The van der Waals surface area contributed by atoms with Crippen LogP contribution < -0.4 is 5.73 Å². The molecule has 1 aromatic carbocycles. The molecule has 1 saturated carbocycles. The maximum absolute atomic E-state index is 13.1. The number of nitrogens with zero attached hydrogens (tertiary/aromatic N) is 2. The molecule has 3 rings (SSSR count). The van der Waals surface area contributed by atoms with Crippen molar-refractivity contribution in [1.82, 2.24) is 9.80 Å². The van der Waals surface area contributed by atoms with E-state index in [9.17, 15) is 9.59 Å². The lowest BCUT2D eigenvalue weighted by Gasteiger charge is -2.59. The second-order valence-electron chi connectivity index (χ2n) is 8.48. The van der Waals surface area contributed by atoms with E-state index in [1.54, 1.807) is 0 Å². The van der Waals surface area contributed by atoms with E-state index in [2.05, 4.69) is 6.92 Å². The Labute approximate surface area is 168 Å². The fraction of sp³-hybridized carbons (Fsp3) is 0.636. The van der Waals surface area contributed by atoms with Crippen LogP contribution in [-0.4, -0.2) is 66.0 Å². The first-order chi connectivity index (χ1) is 13.2. The quantitative estimate of drug-likeness (QED) is 0.839. The van der Waals surface area contributed by atoms with Crippen molar-refractivity contribution >= 4 is 11.8 Å². The van der Waals surface area contributed by atoms with Crippen LogP contribution in [0.4, 0.5) is 0 Å². The highest BCUT2D eigenvalue weighted by Gasteiger charge is 2.63. The van der Waals surface area contributed by atoms with Crippen LogP contribution in [0.5, 0.6) is 0 Å². The molecule has 1 aliphatic heterocycles. The minimum Gasteiger partial charge on any atom is -0.378 e. The minimum absolute atomic E-state index is 0.0143.